The van der Waals surface area contributed by atoms with Crippen LogP contribution >= 0.6 is 0 Å². The molecule has 6 heteroatoms. The molecule has 120 valence electrons. The third-order valence-corrected chi connectivity index (χ3v) is 4.29. The van der Waals surface area contributed by atoms with Crippen LogP contribution in [-0.4, -0.2) is 85.5 Å². The molecule has 2 aliphatic heterocycles. The first kappa shape index (κ1) is 16.2. The van der Waals surface area contributed by atoms with Crippen LogP contribution in [0.25, 0.3) is 0 Å². The number of carbonyl (C=O) groups is 2. The zero-order valence-electron chi connectivity index (χ0n) is 13.1. The molecule has 2 heterocycles. The van der Waals surface area contributed by atoms with Gasteiger partial charge >= 0.3 is 0 Å². The van der Waals surface area contributed by atoms with Crippen molar-refractivity contribution in [3.05, 3.63) is 0 Å². The molecule has 21 heavy (non-hydrogen) atoms. The van der Waals surface area contributed by atoms with Gasteiger partial charge in [0.1, 0.15) is 0 Å². The predicted octanol–water partition coefficient (Wildman–Crippen LogP) is 0.180. The third kappa shape index (κ3) is 5.28. The Morgan fingerprint density at radius 1 is 1.05 bits per heavy atom. The summed E-state index contributed by atoms with van der Waals surface area (Å²) in [6.07, 6.45) is 2.67. The Labute approximate surface area is 127 Å². The van der Waals surface area contributed by atoms with Crippen LogP contribution in [0.2, 0.25) is 0 Å². The van der Waals surface area contributed by atoms with Gasteiger partial charge in [0, 0.05) is 59.2 Å². The van der Waals surface area contributed by atoms with E-state index in [9.17, 15) is 9.59 Å². The van der Waals surface area contributed by atoms with E-state index in [-0.39, 0.29) is 11.8 Å². The summed E-state index contributed by atoms with van der Waals surface area (Å²) in [4.78, 5) is 29.8. The van der Waals surface area contributed by atoms with Crippen molar-refractivity contribution >= 4 is 11.8 Å². The van der Waals surface area contributed by atoms with E-state index in [4.69, 9.17) is 4.74 Å². The molecule has 6 nitrogen and oxygen atoms in total. The fourth-order valence-corrected chi connectivity index (χ4v) is 2.87. The van der Waals surface area contributed by atoms with Gasteiger partial charge in [-0.2, -0.15) is 0 Å². The summed E-state index contributed by atoms with van der Waals surface area (Å²) in [7, 11) is 0. The van der Waals surface area contributed by atoms with Gasteiger partial charge in [-0.3, -0.25) is 14.5 Å². The Kier molecular flexibility index (Phi) is 6.45. The van der Waals surface area contributed by atoms with Crippen molar-refractivity contribution in [1.82, 2.24) is 14.7 Å². The number of ether oxygens (including phenoxy) is 1. The highest BCUT2D eigenvalue weighted by Crippen LogP contribution is 2.09. The minimum atomic E-state index is 0.0532. The highest BCUT2D eigenvalue weighted by Gasteiger charge is 2.20. The Bertz CT molecular complexity index is 350. The molecule has 0 bridgehead atoms. The predicted molar refractivity (Wildman–Crippen MR) is 79.9 cm³/mol. The van der Waals surface area contributed by atoms with Gasteiger partial charge in [-0.25, -0.2) is 0 Å². The largest absolute Gasteiger partial charge is 0.379 e. The molecular formula is C15H27N3O3. The van der Waals surface area contributed by atoms with E-state index in [1.807, 2.05) is 4.90 Å². The second kappa shape index (κ2) is 8.34. The van der Waals surface area contributed by atoms with Crippen molar-refractivity contribution in [2.75, 3.05) is 59.0 Å². The first-order valence-corrected chi connectivity index (χ1v) is 8.00. The molecule has 0 saturated carbocycles. The van der Waals surface area contributed by atoms with Gasteiger partial charge in [-0.15, -0.1) is 0 Å². The zero-order chi connectivity index (χ0) is 15.1. The van der Waals surface area contributed by atoms with Gasteiger partial charge in [-0.05, 0) is 12.8 Å². The van der Waals surface area contributed by atoms with Gasteiger partial charge in [0.15, 0.2) is 0 Å². The smallest absolute Gasteiger partial charge is 0.224 e. The number of rotatable bonds is 6. The quantitative estimate of drug-likeness (QED) is 0.702. The van der Waals surface area contributed by atoms with E-state index in [2.05, 4.69) is 4.90 Å². The number of likely N-dealkylation sites (tertiary alicyclic amines) is 1. The number of hydrogen-bond donors (Lipinski definition) is 0. The number of carbonyl (C=O) groups excluding carboxylic acids is 2. The van der Waals surface area contributed by atoms with Crippen LogP contribution in [0.3, 0.4) is 0 Å². The lowest BCUT2D eigenvalue weighted by molar-refractivity contribution is -0.132. The van der Waals surface area contributed by atoms with Gasteiger partial charge in [0.2, 0.25) is 11.8 Å². The van der Waals surface area contributed by atoms with E-state index in [0.29, 0.717) is 19.5 Å². The Hall–Kier alpha value is -1.14. The fraction of sp³-hybridized carbons (Fsp3) is 0.867. The van der Waals surface area contributed by atoms with E-state index in [1.165, 1.54) is 0 Å². The second-order valence-electron chi connectivity index (χ2n) is 5.80. The summed E-state index contributed by atoms with van der Waals surface area (Å²) < 4.78 is 5.32. The molecule has 0 unspecified atom stereocenters. The zero-order valence-corrected chi connectivity index (χ0v) is 13.1. The lowest BCUT2D eigenvalue weighted by Gasteiger charge is -2.29. The van der Waals surface area contributed by atoms with Crippen molar-refractivity contribution in [3.63, 3.8) is 0 Å². The maximum absolute atomic E-state index is 12.0. The molecule has 2 aliphatic rings. The summed E-state index contributed by atoms with van der Waals surface area (Å²) in [6.45, 7) is 8.84. The minimum Gasteiger partial charge on any atom is -0.379 e. The Morgan fingerprint density at radius 3 is 2.33 bits per heavy atom. The molecule has 0 aromatic carbocycles. The molecule has 0 spiro atoms. The topological polar surface area (TPSA) is 53.1 Å². The summed E-state index contributed by atoms with van der Waals surface area (Å²) >= 11 is 0. The molecule has 0 atom stereocenters. The average molecular weight is 297 g/mol. The highest BCUT2D eigenvalue weighted by molar-refractivity contribution is 5.78. The lowest BCUT2D eigenvalue weighted by Crippen LogP contribution is -2.43. The van der Waals surface area contributed by atoms with Crippen LogP contribution in [-0.2, 0) is 14.3 Å². The maximum atomic E-state index is 12.0. The normalized spacial score (nSPS) is 19.8. The number of morpholine rings is 1. The highest BCUT2D eigenvalue weighted by atomic mass is 16.5. The number of hydrogen-bond acceptors (Lipinski definition) is 4. The van der Waals surface area contributed by atoms with Crippen molar-refractivity contribution in [2.24, 2.45) is 0 Å². The first-order valence-electron chi connectivity index (χ1n) is 8.00. The molecule has 0 aromatic rings. The van der Waals surface area contributed by atoms with Crippen molar-refractivity contribution in [3.8, 4) is 0 Å². The average Bonchev–Trinajstić information content (AvgIpc) is 3.02. The van der Waals surface area contributed by atoms with Crippen LogP contribution in [0.15, 0.2) is 0 Å². The van der Waals surface area contributed by atoms with Crippen molar-refractivity contribution < 1.29 is 14.3 Å². The summed E-state index contributed by atoms with van der Waals surface area (Å²) in [6, 6.07) is 0. The van der Waals surface area contributed by atoms with Gasteiger partial charge < -0.3 is 14.5 Å². The standard InChI is InChI=1S/C15H27N3O3/c1-14(19)17(9-8-16-10-12-21-13-11-16)7-4-15(20)18-5-2-3-6-18/h2-13H2,1H3. The van der Waals surface area contributed by atoms with Crippen molar-refractivity contribution in [1.29, 1.82) is 0 Å². The van der Waals surface area contributed by atoms with Crippen LogP contribution < -0.4 is 0 Å². The monoisotopic (exact) mass is 297 g/mol. The number of amides is 2. The summed E-state index contributed by atoms with van der Waals surface area (Å²) in [5.41, 5.74) is 0. The van der Waals surface area contributed by atoms with Gasteiger partial charge in [0.25, 0.3) is 0 Å². The van der Waals surface area contributed by atoms with Crippen LogP contribution in [0.4, 0.5) is 0 Å². The summed E-state index contributed by atoms with van der Waals surface area (Å²) in [5.74, 6) is 0.239. The van der Waals surface area contributed by atoms with Crippen LogP contribution in [0.1, 0.15) is 26.2 Å². The Morgan fingerprint density at radius 2 is 1.71 bits per heavy atom. The first-order chi connectivity index (χ1) is 10.2. The van der Waals surface area contributed by atoms with Crippen LogP contribution in [0.5, 0.6) is 0 Å². The van der Waals surface area contributed by atoms with Gasteiger partial charge in [0.05, 0.1) is 13.2 Å². The molecule has 0 radical (unpaired) electrons. The third-order valence-electron chi connectivity index (χ3n) is 4.29. The van der Waals surface area contributed by atoms with E-state index in [1.54, 1.807) is 11.8 Å². The van der Waals surface area contributed by atoms with Gasteiger partial charge in [-0.1, -0.05) is 0 Å². The SMILES string of the molecule is CC(=O)N(CCC(=O)N1CCCC1)CCN1CCOCC1. The van der Waals surface area contributed by atoms with E-state index < -0.39 is 0 Å². The molecule has 2 amide bonds. The second-order valence-corrected chi connectivity index (χ2v) is 5.80. The molecular weight excluding hydrogens is 270 g/mol. The molecule has 0 aromatic heterocycles. The van der Waals surface area contributed by atoms with Crippen LogP contribution in [0, 0.1) is 0 Å². The fourth-order valence-electron chi connectivity index (χ4n) is 2.87. The molecule has 2 rings (SSSR count). The summed E-state index contributed by atoms with van der Waals surface area (Å²) in [5, 5.41) is 0. The Balaban J connectivity index is 1.70. The van der Waals surface area contributed by atoms with E-state index >= 15 is 0 Å². The number of nitrogens with zero attached hydrogens (tertiary/aromatic N) is 3. The molecule has 2 saturated heterocycles. The minimum absolute atomic E-state index is 0.0532. The molecule has 0 aliphatic carbocycles. The maximum Gasteiger partial charge on any atom is 0.224 e. The molecule has 2 fully saturated rings. The van der Waals surface area contributed by atoms with Crippen molar-refractivity contribution in [2.45, 2.75) is 26.2 Å². The lowest BCUT2D eigenvalue weighted by atomic mass is 10.3. The molecule has 0 N–H and O–H groups in total. The van der Waals surface area contributed by atoms with E-state index in [0.717, 1.165) is 58.8 Å².